The maximum absolute atomic E-state index is 4.46. The van der Waals surface area contributed by atoms with Crippen molar-refractivity contribution in [1.82, 2.24) is 15.1 Å². The minimum absolute atomic E-state index is 0.168. The first kappa shape index (κ1) is 13.8. The number of hydrogen-bond donors (Lipinski definition) is 1. The fourth-order valence-electron chi connectivity index (χ4n) is 2.88. The maximum Gasteiger partial charge on any atom is 0.0611 e. The Morgan fingerprint density at radius 1 is 1.14 bits per heavy atom. The Balaban J connectivity index is 2.05. The zero-order valence-electron chi connectivity index (χ0n) is 12.6. The van der Waals surface area contributed by atoms with Crippen molar-refractivity contribution < 1.29 is 0 Å². The van der Waals surface area contributed by atoms with Crippen molar-refractivity contribution in [2.75, 3.05) is 7.05 Å². The summed E-state index contributed by atoms with van der Waals surface area (Å²) < 4.78 is 2.02. The Bertz CT molecular complexity index is 725. The van der Waals surface area contributed by atoms with Gasteiger partial charge in [-0.1, -0.05) is 49.4 Å². The molecule has 3 heteroatoms. The van der Waals surface area contributed by atoms with Crippen molar-refractivity contribution in [2.24, 2.45) is 0 Å². The van der Waals surface area contributed by atoms with E-state index in [9.17, 15) is 0 Å². The highest BCUT2D eigenvalue weighted by Crippen LogP contribution is 2.28. The molecule has 3 nitrogen and oxygen atoms in total. The number of rotatable bonds is 5. The van der Waals surface area contributed by atoms with Crippen LogP contribution < -0.4 is 5.32 Å². The molecule has 1 atom stereocenters. The molecular weight excluding hydrogens is 258 g/mol. The van der Waals surface area contributed by atoms with E-state index < -0.39 is 0 Å². The molecule has 1 heterocycles. The topological polar surface area (TPSA) is 29.9 Å². The van der Waals surface area contributed by atoms with Crippen LogP contribution in [0.3, 0.4) is 0 Å². The van der Waals surface area contributed by atoms with Gasteiger partial charge in [-0.3, -0.25) is 4.68 Å². The first-order valence-electron chi connectivity index (χ1n) is 7.50. The second-order valence-corrected chi connectivity index (χ2v) is 5.33. The third-order valence-corrected chi connectivity index (χ3v) is 3.86. The molecule has 3 rings (SSSR count). The Kier molecular flexibility index (Phi) is 4.02. The molecule has 108 valence electrons. The van der Waals surface area contributed by atoms with Gasteiger partial charge in [0.25, 0.3) is 0 Å². The Labute approximate surface area is 125 Å². The predicted molar refractivity (Wildman–Crippen MR) is 87.4 cm³/mol. The van der Waals surface area contributed by atoms with E-state index in [4.69, 9.17) is 0 Å². The number of nitrogens with one attached hydrogen (secondary N) is 1. The summed E-state index contributed by atoms with van der Waals surface area (Å²) in [6.45, 7) is 3.13. The Morgan fingerprint density at radius 2 is 1.95 bits per heavy atom. The van der Waals surface area contributed by atoms with Crippen molar-refractivity contribution in [1.29, 1.82) is 0 Å². The zero-order valence-corrected chi connectivity index (χ0v) is 12.6. The van der Waals surface area contributed by atoms with Crippen LogP contribution in [0.4, 0.5) is 0 Å². The van der Waals surface area contributed by atoms with Crippen LogP contribution in [0.2, 0.25) is 0 Å². The van der Waals surface area contributed by atoms with Crippen molar-refractivity contribution in [3.8, 4) is 0 Å². The molecule has 1 N–H and O–H groups in total. The van der Waals surface area contributed by atoms with E-state index in [1.807, 2.05) is 17.9 Å². The summed E-state index contributed by atoms with van der Waals surface area (Å²) in [5, 5.41) is 10.5. The van der Waals surface area contributed by atoms with E-state index in [2.05, 4.69) is 66.0 Å². The Hall–Kier alpha value is -2.13. The smallest absolute Gasteiger partial charge is 0.0611 e. The number of hydrogen-bond acceptors (Lipinski definition) is 2. The molecule has 0 aliphatic heterocycles. The van der Waals surface area contributed by atoms with Crippen LogP contribution >= 0.6 is 0 Å². The summed E-state index contributed by atoms with van der Waals surface area (Å²) in [5.74, 6) is 0. The first-order chi connectivity index (χ1) is 10.3. The van der Waals surface area contributed by atoms with Crippen LogP contribution in [-0.2, 0) is 6.54 Å². The first-order valence-corrected chi connectivity index (χ1v) is 7.50. The molecule has 0 amide bonds. The van der Waals surface area contributed by atoms with Crippen molar-refractivity contribution in [3.05, 3.63) is 66.0 Å². The van der Waals surface area contributed by atoms with Gasteiger partial charge in [-0.05, 0) is 29.8 Å². The Morgan fingerprint density at radius 3 is 2.76 bits per heavy atom. The highest BCUT2D eigenvalue weighted by Gasteiger charge is 2.16. The standard InChI is InChI=1S/C18H21N3/c1-3-11-21-13-15(12-20-21)18(19-2)17-10-6-8-14-7-4-5-9-16(14)17/h4-10,12-13,18-19H,3,11H2,1-2H3. The molecule has 0 fully saturated rings. The lowest BCUT2D eigenvalue weighted by Gasteiger charge is -2.17. The summed E-state index contributed by atoms with van der Waals surface area (Å²) in [7, 11) is 2.00. The second kappa shape index (κ2) is 6.10. The van der Waals surface area contributed by atoms with E-state index in [1.54, 1.807) is 0 Å². The molecule has 0 bridgehead atoms. The summed E-state index contributed by atoms with van der Waals surface area (Å²) in [6, 6.07) is 15.2. The van der Waals surface area contributed by atoms with E-state index in [0.717, 1.165) is 13.0 Å². The average Bonchev–Trinajstić information content (AvgIpc) is 2.97. The molecular formula is C18H21N3. The molecule has 0 saturated heterocycles. The lowest BCUT2D eigenvalue weighted by Crippen LogP contribution is -2.17. The lowest BCUT2D eigenvalue weighted by atomic mass is 9.95. The molecule has 0 radical (unpaired) electrons. The fraction of sp³-hybridized carbons (Fsp3) is 0.278. The van der Waals surface area contributed by atoms with Crippen LogP contribution in [0.1, 0.15) is 30.5 Å². The van der Waals surface area contributed by atoms with Crippen LogP contribution in [0.15, 0.2) is 54.9 Å². The number of aryl methyl sites for hydroxylation is 1. The van der Waals surface area contributed by atoms with Gasteiger partial charge in [0.2, 0.25) is 0 Å². The summed E-state index contributed by atoms with van der Waals surface area (Å²) >= 11 is 0. The normalized spacial score (nSPS) is 12.7. The van der Waals surface area contributed by atoms with Crippen LogP contribution in [0, 0.1) is 0 Å². The largest absolute Gasteiger partial charge is 0.309 e. The van der Waals surface area contributed by atoms with Gasteiger partial charge in [-0.2, -0.15) is 5.10 Å². The van der Waals surface area contributed by atoms with Gasteiger partial charge in [0.1, 0.15) is 0 Å². The number of aromatic nitrogens is 2. The number of benzene rings is 2. The molecule has 0 aliphatic rings. The highest BCUT2D eigenvalue weighted by atomic mass is 15.3. The monoisotopic (exact) mass is 279 g/mol. The minimum atomic E-state index is 0.168. The van der Waals surface area contributed by atoms with Crippen LogP contribution in [0.5, 0.6) is 0 Å². The number of fused-ring (bicyclic) bond motifs is 1. The molecule has 0 aliphatic carbocycles. The summed E-state index contributed by atoms with van der Waals surface area (Å²) in [6.07, 6.45) is 5.21. The molecule has 2 aromatic carbocycles. The molecule has 1 aromatic heterocycles. The van der Waals surface area contributed by atoms with Crippen molar-refractivity contribution >= 4 is 10.8 Å². The van der Waals surface area contributed by atoms with E-state index >= 15 is 0 Å². The minimum Gasteiger partial charge on any atom is -0.309 e. The third-order valence-electron chi connectivity index (χ3n) is 3.86. The number of nitrogens with zero attached hydrogens (tertiary/aromatic N) is 2. The highest BCUT2D eigenvalue weighted by molar-refractivity contribution is 5.86. The fourth-order valence-corrected chi connectivity index (χ4v) is 2.88. The van der Waals surface area contributed by atoms with E-state index in [0.29, 0.717) is 0 Å². The van der Waals surface area contributed by atoms with Gasteiger partial charge in [-0.15, -0.1) is 0 Å². The van der Waals surface area contributed by atoms with Gasteiger partial charge in [0, 0.05) is 18.3 Å². The third kappa shape index (κ3) is 2.69. The molecule has 21 heavy (non-hydrogen) atoms. The zero-order chi connectivity index (χ0) is 14.7. The quantitative estimate of drug-likeness (QED) is 0.770. The van der Waals surface area contributed by atoms with Crippen LogP contribution in [-0.4, -0.2) is 16.8 Å². The molecule has 0 saturated carbocycles. The van der Waals surface area contributed by atoms with E-state index in [1.165, 1.54) is 21.9 Å². The van der Waals surface area contributed by atoms with Gasteiger partial charge in [0.05, 0.1) is 12.2 Å². The summed E-state index contributed by atoms with van der Waals surface area (Å²) in [5.41, 5.74) is 2.51. The maximum atomic E-state index is 4.46. The second-order valence-electron chi connectivity index (χ2n) is 5.33. The van der Waals surface area contributed by atoms with Gasteiger partial charge >= 0.3 is 0 Å². The molecule has 3 aromatic rings. The molecule has 0 spiro atoms. The summed E-state index contributed by atoms with van der Waals surface area (Å²) in [4.78, 5) is 0. The lowest BCUT2D eigenvalue weighted by molar-refractivity contribution is 0.600. The van der Waals surface area contributed by atoms with E-state index in [-0.39, 0.29) is 6.04 Å². The van der Waals surface area contributed by atoms with Gasteiger partial charge in [0.15, 0.2) is 0 Å². The SMILES string of the molecule is CCCn1cc(C(NC)c2cccc3ccccc23)cn1. The molecule has 1 unspecified atom stereocenters. The van der Waals surface area contributed by atoms with Crippen molar-refractivity contribution in [2.45, 2.75) is 25.9 Å². The predicted octanol–water partition coefficient (Wildman–Crippen LogP) is 3.76. The van der Waals surface area contributed by atoms with Gasteiger partial charge < -0.3 is 5.32 Å². The van der Waals surface area contributed by atoms with Crippen molar-refractivity contribution in [3.63, 3.8) is 0 Å². The van der Waals surface area contributed by atoms with Gasteiger partial charge in [-0.25, -0.2) is 0 Å². The van der Waals surface area contributed by atoms with Crippen LogP contribution in [0.25, 0.3) is 10.8 Å². The average molecular weight is 279 g/mol.